The second-order valence-electron chi connectivity index (χ2n) is 10.5. The fourth-order valence-corrected chi connectivity index (χ4v) is 5.94. The van der Waals surface area contributed by atoms with E-state index in [0.717, 1.165) is 9.87 Å². The average Bonchev–Trinajstić information content (AvgIpc) is 2.85. The van der Waals surface area contributed by atoms with Gasteiger partial charge in [0.05, 0.1) is 10.6 Å². The maximum absolute atomic E-state index is 14.0. The maximum Gasteiger partial charge on any atom is 0.264 e. The number of benzene rings is 3. The fourth-order valence-electron chi connectivity index (χ4n) is 3.94. The second-order valence-corrected chi connectivity index (χ2v) is 13.6. The quantitative estimate of drug-likeness (QED) is 0.295. The molecule has 0 saturated heterocycles. The molecule has 3 aromatic rings. The van der Waals surface area contributed by atoms with E-state index in [2.05, 4.69) is 5.32 Å². The molecule has 0 heterocycles. The Morgan fingerprint density at radius 1 is 0.925 bits per heavy atom. The molecule has 0 fully saturated rings. The van der Waals surface area contributed by atoms with Gasteiger partial charge in [-0.2, -0.15) is 0 Å². The highest BCUT2D eigenvalue weighted by Gasteiger charge is 2.33. The third kappa shape index (κ3) is 8.13. The van der Waals surface area contributed by atoms with Crippen LogP contribution >= 0.6 is 34.8 Å². The van der Waals surface area contributed by atoms with Gasteiger partial charge in [0.2, 0.25) is 11.8 Å². The largest absolute Gasteiger partial charge is 0.350 e. The number of carbonyl (C=O) groups is 2. The van der Waals surface area contributed by atoms with Crippen LogP contribution in [0.5, 0.6) is 0 Å². The van der Waals surface area contributed by atoms with E-state index in [-0.39, 0.29) is 11.4 Å². The number of amides is 2. The van der Waals surface area contributed by atoms with Crippen molar-refractivity contribution >= 4 is 62.3 Å². The van der Waals surface area contributed by atoms with Gasteiger partial charge in [-0.3, -0.25) is 13.9 Å². The molecule has 214 valence electrons. The molecule has 0 aromatic heterocycles. The van der Waals surface area contributed by atoms with Crippen molar-refractivity contribution in [3.8, 4) is 0 Å². The monoisotopic (exact) mass is 623 g/mol. The van der Waals surface area contributed by atoms with E-state index in [0.29, 0.717) is 26.3 Å². The summed E-state index contributed by atoms with van der Waals surface area (Å²) in [6, 6.07) is 16.4. The second kappa shape index (κ2) is 12.8. The molecule has 0 unspecified atom stereocenters. The van der Waals surface area contributed by atoms with Gasteiger partial charge in [0.25, 0.3) is 10.0 Å². The zero-order valence-corrected chi connectivity index (χ0v) is 26.0. The first-order chi connectivity index (χ1) is 18.6. The highest BCUT2D eigenvalue weighted by molar-refractivity contribution is 7.92. The number of sulfonamides is 1. The van der Waals surface area contributed by atoms with Crippen molar-refractivity contribution in [3.63, 3.8) is 0 Å². The third-order valence-electron chi connectivity index (χ3n) is 5.99. The highest BCUT2D eigenvalue weighted by Crippen LogP contribution is 2.27. The number of anilines is 1. The molecule has 7 nitrogen and oxygen atoms in total. The Hall–Kier alpha value is -2.78. The number of carbonyl (C=O) groups excluding carboxylic acids is 2. The van der Waals surface area contributed by atoms with Crippen LogP contribution in [0, 0.1) is 6.92 Å². The summed E-state index contributed by atoms with van der Waals surface area (Å²) in [5.41, 5.74) is 1.12. The third-order valence-corrected chi connectivity index (χ3v) is 8.62. The summed E-state index contributed by atoms with van der Waals surface area (Å²) in [6.07, 6.45) is 0. The molecule has 0 aliphatic heterocycles. The van der Waals surface area contributed by atoms with Gasteiger partial charge in [-0.25, -0.2) is 8.42 Å². The lowest BCUT2D eigenvalue weighted by atomic mass is 10.1. The van der Waals surface area contributed by atoms with Crippen LogP contribution in [0.3, 0.4) is 0 Å². The summed E-state index contributed by atoms with van der Waals surface area (Å²) < 4.78 is 28.7. The average molecular weight is 625 g/mol. The van der Waals surface area contributed by atoms with Gasteiger partial charge in [0.15, 0.2) is 0 Å². The topological polar surface area (TPSA) is 86.8 Å². The smallest absolute Gasteiger partial charge is 0.264 e. The van der Waals surface area contributed by atoms with Gasteiger partial charge in [0.1, 0.15) is 12.6 Å². The normalized spacial score (nSPS) is 12.5. The number of aryl methyl sites for hydroxylation is 1. The van der Waals surface area contributed by atoms with Crippen LogP contribution in [-0.4, -0.2) is 43.3 Å². The van der Waals surface area contributed by atoms with Gasteiger partial charge in [0, 0.05) is 27.2 Å². The molecule has 40 heavy (non-hydrogen) atoms. The first kappa shape index (κ1) is 31.7. The van der Waals surface area contributed by atoms with Crippen LogP contribution in [0.4, 0.5) is 5.69 Å². The molecular formula is C29H32Cl3N3O4S. The van der Waals surface area contributed by atoms with Crippen LogP contribution < -0.4 is 9.62 Å². The molecule has 0 bridgehead atoms. The summed E-state index contributed by atoms with van der Waals surface area (Å²) in [7, 11) is -4.19. The minimum atomic E-state index is -4.19. The lowest BCUT2D eigenvalue weighted by molar-refractivity contribution is -0.140. The molecule has 2 amide bonds. The van der Waals surface area contributed by atoms with E-state index >= 15 is 0 Å². The van der Waals surface area contributed by atoms with E-state index in [1.54, 1.807) is 43.3 Å². The van der Waals surface area contributed by atoms with Gasteiger partial charge >= 0.3 is 0 Å². The Morgan fingerprint density at radius 3 is 2.12 bits per heavy atom. The Morgan fingerprint density at radius 2 is 1.55 bits per heavy atom. The molecule has 0 spiro atoms. The maximum atomic E-state index is 14.0. The molecular weight excluding hydrogens is 593 g/mol. The van der Waals surface area contributed by atoms with Crippen LogP contribution in [0.15, 0.2) is 71.6 Å². The highest BCUT2D eigenvalue weighted by atomic mass is 35.5. The van der Waals surface area contributed by atoms with E-state index in [1.165, 1.54) is 29.2 Å². The minimum absolute atomic E-state index is 0.0305. The number of halogens is 3. The van der Waals surface area contributed by atoms with E-state index in [4.69, 9.17) is 34.8 Å². The summed E-state index contributed by atoms with van der Waals surface area (Å²) in [6.45, 7) is 8.30. The molecule has 11 heteroatoms. The minimum Gasteiger partial charge on any atom is -0.350 e. The number of hydrogen-bond donors (Lipinski definition) is 1. The molecule has 0 aliphatic carbocycles. The Kier molecular flexibility index (Phi) is 10.2. The van der Waals surface area contributed by atoms with E-state index < -0.39 is 40.0 Å². The summed E-state index contributed by atoms with van der Waals surface area (Å²) in [5, 5.41) is 4.00. The first-order valence-corrected chi connectivity index (χ1v) is 15.1. The zero-order valence-electron chi connectivity index (χ0n) is 22.9. The molecule has 0 saturated carbocycles. The molecule has 1 N–H and O–H groups in total. The number of nitrogens with one attached hydrogen (secondary N) is 1. The fraction of sp³-hybridized carbons (Fsp3) is 0.310. The lowest BCUT2D eigenvalue weighted by Crippen LogP contribution is -2.54. The van der Waals surface area contributed by atoms with Gasteiger partial charge in [-0.05, 0) is 94.3 Å². The van der Waals surface area contributed by atoms with Crippen molar-refractivity contribution in [2.45, 2.75) is 57.6 Å². The number of nitrogens with zero attached hydrogens (tertiary/aromatic N) is 2. The van der Waals surface area contributed by atoms with Crippen molar-refractivity contribution < 1.29 is 18.0 Å². The van der Waals surface area contributed by atoms with Crippen LogP contribution in [0.1, 0.15) is 38.8 Å². The summed E-state index contributed by atoms with van der Waals surface area (Å²) in [5.74, 6) is -0.991. The lowest BCUT2D eigenvalue weighted by Gasteiger charge is -2.33. The SMILES string of the molecule is Cc1cccc(N(CC(=O)N(Cc2ccc(Cl)cc2Cl)[C@@H](C)C(=O)NC(C)(C)C)S(=O)(=O)c2ccc(Cl)cc2)c1. The van der Waals surface area contributed by atoms with Gasteiger partial charge < -0.3 is 10.2 Å². The van der Waals surface area contributed by atoms with Crippen LogP contribution in [0.25, 0.3) is 0 Å². The summed E-state index contributed by atoms with van der Waals surface area (Å²) >= 11 is 18.5. The predicted molar refractivity (Wildman–Crippen MR) is 162 cm³/mol. The Bertz CT molecular complexity index is 1490. The van der Waals surface area contributed by atoms with Gasteiger partial charge in [-0.1, -0.05) is 53.0 Å². The van der Waals surface area contributed by atoms with Crippen molar-refractivity contribution in [2.75, 3.05) is 10.8 Å². The molecule has 0 aliphatic rings. The van der Waals surface area contributed by atoms with E-state index in [1.807, 2.05) is 33.8 Å². The van der Waals surface area contributed by atoms with Crippen molar-refractivity contribution in [1.82, 2.24) is 10.2 Å². The Balaban J connectivity index is 2.06. The summed E-state index contributed by atoms with van der Waals surface area (Å²) in [4.78, 5) is 28.5. The molecule has 1 atom stereocenters. The standard InChI is InChI=1S/C29H32Cl3N3O4S/c1-19-7-6-8-24(15-19)35(40(38,39)25-13-11-22(30)12-14-25)18-27(36)34(20(2)28(37)33-29(3,4)5)17-21-9-10-23(31)16-26(21)32/h6-16,20H,17-18H2,1-5H3,(H,33,37)/t20-/m0/s1. The van der Waals surface area contributed by atoms with Crippen molar-refractivity contribution in [3.05, 3.63) is 92.9 Å². The van der Waals surface area contributed by atoms with E-state index in [9.17, 15) is 18.0 Å². The van der Waals surface area contributed by atoms with Gasteiger partial charge in [-0.15, -0.1) is 0 Å². The number of hydrogen-bond acceptors (Lipinski definition) is 4. The first-order valence-electron chi connectivity index (χ1n) is 12.5. The van der Waals surface area contributed by atoms with Crippen molar-refractivity contribution in [2.24, 2.45) is 0 Å². The predicted octanol–water partition coefficient (Wildman–Crippen LogP) is 6.48. The zero-order chi connectivity index (χ0) is 29.8. The van der Waals surface area contributed by atoms with Crippen LogP contribution in [0.2, 0.25) is 15.1 Å². The molecule has 3 rings (SSSR count). The van der Waals surface area contributed by atoms with Crippen molar-refractivity contribution in [1.29, 1.82) is 0 Å². The Labute approximate surface area is 251 Å². The molecule has 0 radical (unpaired) electrons. The van der Waals surface area contributed by atoms with Crippen LogP contribution in [-0.2, 0) is 26.2 Å². The molecule has 3 aromatic carbocycles. The number of rotatable bonds is 9.